The molecule has 3 aliphatic rings. The van der Waals surface area contributed by atoms with Crippen LogP contribution in [0.3, 0.4) is 0 Å². The van der Waals surface area contributed by atoms with Gasteiger partial charge in [0.2, 0.25) is 0 Å². The first-order valence-corrected chi connectivity index (χ1v) is 8.03. The minimum atomic E-state index is -4.22. The standard InChI is InChI=1S/C17H19F3N2O/c18-17(19,20)16-7-15(16,8-21-10-16)9-22-14(23)13-5-3-12(4-6-13)11-1-2-11/h3-6,11,21H,1-2,7-10H2,(H,22,23)/t15-,16-/m0/s1. The van der Waals surface area contributed by atoms with E-state index >= 15 is 0 Å². The maximum absolute atomic E-state index is 13.3. The quantitative estimate of drug-likeness (QED) is 0.894. The van der Waals surface area contributed by atoms with Crippen LogP contribution in [0.1, 0.15) is 41.1 Å². The van der Waals surface area contributed by atoms with Gasteiger partial charge in [0.25, 0.3) is 5.91 Å². The molecular weight excluding hydrogens is 305 g/mol. The van der Waals surface area contributed by atoms with E-state index in [1.165, 1.54) is 18.4 Å². The highest BCUT2D eigenvalue weighted by Gasteiger charge is 2.81. The normalized spacial score (nSPS) is 32.5. The van der Waals surface area contributed by atoms with Crippen LogP contribution in [0.15, 0.2) is 24.3 Å². The van der Waals surface area contributed by atoms with Crippen LogP contribution in [0.4, 0.5) is 13.2 Å². The number of fused-ring (bicyclic) bond motifs is 1. The summed E-state index contributed by atoms with van der Waals surface area (Å²) in [5.74, 6) is 0.325. The van der Waals surface area contributed by atoms with E-state index in [0.29, 0.717) is 18.0 Å². The molecule has 2 saturated carbocycles. The number of hydrogen-bond acceptors (Lipinski definition) is 2. The van der Waals surface area contributed by atoms with Gasteiger partial charge in [0.05, 0.1) is 5.41 Å². The molecule has 1 heterocycles. The van der Waals surface area contributed by atoms with Crippen molar-refractivity contribution in [3.05, 3.63) is 35.4 Å². The van der Waals surface area contributed by atoms with E-state index in [-0.39, 0.29) is 25.4 Å². The van der Waals surface area contributed by atoms with Gasteiger partial charge in [0, 0.05) is 30.6 Å². The number of alkyl halides is 3. The van der Waals surface area contributed by atoms with Crippen molar-refractivity contribution in [2.75, 3.05) is 19.6 Å². The molecule has 0 bridgehead atoms. The monoisotopic (exact) mass is 324 g/mol. The third-order valence-electron chi connectivity index (χ3n) is 5.77. The molecule has 1 aliphatic heterocycles. The fourth-order valence-electron chi connectivity index (χ4n) is 4.00. The molecule has 6 heteroatoms. The van der Waals surface area contributed by atoms with Gasteiger partial charge in [-0.05, 0) is 42.9 Å². The molecule has 0 radical (unpaired) electrons. The number of carbonyl (C=O) groups is 1. The molecular formula is C17H19F3N2O. The zero-order chi connectivity index (χ0) is 16.3. The Bertz CT molecular complexity index is 638. The second-order valence-corrected chi connectivity index (χ2v) is 7.22. The summed E-state index contributed by atoms with van der Waals surface area (Å²) in [4.78, 5) is 12.2. The number of amides is 1. The summed E-state index contributed by atoms with van der Waals surface area (Å²) in [6.07, 6.45) is -1.72. The molecule has 3 fully saturated rings. The molecule has 23 heavy (non-hydrogen) atoms. The SMILES string of the molecule is O=C(NC[C@]12CNC[C@@]1(C(F)(F)F)C2)c1ccc(C2CC2)cc1. The summed E-state index contributed by atoms with van der Waals surface area (Å²) in [5, 5.41) is 5.53. The van der Waals surface area contributed by atoms with Gasteiger partial charge in [0.15, 0.2) is 0 Å². The summed E-state index contributed by atoms with van der Waals surface area (Å²) in [7, 11) is 0. The summed E-state index contributed by atoms with van der Waals surface area (Å²) >= 11 is 0. The average molecular weight is 324 g/mol. The molecule has 2 N–H and O–H groups in total. The Labute approximate surface area is 132 Å². The molecule has 0 spiro atoms. The number of hydrogen-bond donors (Lipinski definition) is 2. The summed E-state index contributed by atoms with van der Waals surface area (Å²) in [6.45, 7) is 0.346. The molecule has 1 saturated heterocycles. The Morgan fingerprint density at radius 3 is 2.48 bits per heavy atom. The number of rotatable bonds is 4. The second kappa shape index (κ2) is 4.72. The molecule has 124 valence electrons. The molecule has 0 unspecified atom stereocenters. The minimum Gasteiger partial charge on any atom is -0.351 e. The summed E-state index contributed by atoms with van der Waals surface area (Å²) < 4.78 is 39.8. The van der Waals surface area contributed by atoms with Crippen LogP contribution >= 0.6 is 0 Å². The van der Waals surface area contributed by atoms with Crippen molar-refractivity contribution >= 4 is 5.91 Å². The Morgan fingerprint density at radius 1 is 1.22 bits per heavy atom. The van der Waals surface area contributed by atoms with Crippen LogP contribution in [-0.2, 0) is 0 Å². The summed E-state index contributed by atoms with van der Waals surface area (Å²) in [6, 6.07) is 7.41. The highest BCUT2D eigenvalue weighted by atomic mass is 19.4. The Morgan fingerprint density at radius 2 is 1.91 bits per heavy atom. The third-order valence-corrected chi connectivity index (χ3v) is 5.77. The van der Waals surface area contributed by atoms with Gasteiger partial charge in [-0.1, -0.05) is 12.1 Å². The van der Waals surface area contributed by atoms with E-state index < -0.39 is 17.0 Å². The highest BCUT2D eigenvalue weighted by Crippen LogP contribution is 2.72. The number of carbonyl (C=O) groups excluding carboxylic acids is 1. The predicted molar refractivity (Wildman–Crippen MR) is 79.2 cm³/mol. The molecule has 1 amide bonds. The maximum Gasteiger partial charge on any atom is 0.396 e. The Balaban J connectivity index is 1.40. The van der Waals surface area contributed by atoms with Crippen molar-refractivity contribution in [1.29, 1.82) is 0 Å². The zero-order valence-electron chi connectivity index (χ0n) is 12.7. The van der Waals surface area contributed by atoms with Gasteiger partial charge in [-0.25, -0.2) is 0 Å². The van der Waals surface area contributed by atoms with Crippen molar-refractivity contribution in [1.82, 2.24) is 10.6 Å². The van der Waals surface area contributed by atoms with E-state index in [1.54, 1.807) is 12.1 Å². The van der Waals surface area contributed by atoms with Crippen molar-refractivity contribution < 1.29 is 18.0 Å². The van der Waals surface area contributed by atoms with E-state index in [1.807, 2.05) is 12.1 Å². The van der Waals surface area contributed by atoms with Crippen molar-refractivity contribution in [3.8, 4) is 0 Å². The lowest BCUT2D eigenvalue weighted by molar-refractivity contribution is -0.190. The summed E-state index contributed by atoms with van der Waals surface area (Å²) in [5.41, 5.74) is -0.772. The second-order valence-electron chi connectivity index (χ2n) is 7.22. The maximum atomic E-state index is 13.3. The first-order chi connectivity index (χ1) is 10.9. The van der Waals surface area contributed by atoms with Crippen LogP contribution in [-0.4, -0.2) is 31.7 Å². The van der Waals surface area contributed by atoms with Crippen LogP contribution < -0.4 is 10.6 Å². The lowest BCUT2D eigenvalue weighted by Crippen LogP contribution is -2.37. The first kappa shape index (κ1) is 15.0. The van der Waals surface area contributed by atoms with Crippen molar-refractivity contribution in [2.45, 2.75) is 31.4 Å². The number of piperidine rings is 1. The fourth-order valence-corrected chi connectivity index (χ4v) is 4.00. The molecule has 4 rings (SSSR count). The number of nitrogens with one attached hydrogen (secondary N) is 2. The Kier molecular flexibility index (Phi) is 3.08. The molecule has 2 atom stereocenters. The number of halogens is 3. The van der Waals surface area contributed by atoms with Gasteiger partial charge < -0.3 is 10.6 Å². The van der Waals surface area contributed by atoms with Crippen molar-refractivity contribution in [2.24, 2.45) is 10.8 Å². The van der Waals surface area contributed by atoms with Gasteiger partial charge in [-0.15, -0.1) is 0 Å². The molecule has 1 aromatic carbocycles. The Hall–Kier alpha value is -1.56. The van der Waals surface area contributed by atoms with E-state index in [9.17, 15) is 18.0 Å². The largest absolute Gasteiger partial charge is 0.396 e. The molecule has 2 aliphatic carbocycles. The van der Waals surface area contributed by atoms with Crippen LogP contribution in [0.2, 0.25) is 0 Å². The number of benzene rings is 1. The van der Waals surface area contributed by atoms with Gasteiger partial charge in [0.1, 0.15) is 0 Å². The molecule has 1 aromatic rings. The highest BCUT2D eigenvalue weighted by molar-refractivity contribution is 5.94. The van der Waals surface area contributed by atoms with Crippen molar-refractivity contribution in [3.63, 3.8) is 0 Å². The van der Waals surface area contributed by atoms with Gasteiger partial charge >= 0.3 is 6.18 Å². The predicted octanol–water partition coefficient (Wildman–Crippen LogP) is 2.84. The first-order valence-electron chi connectivity index (χ1n) is 8.03. The smallest absolute Gasteiger partial charge is 0.351 e. The average Bonchev–Trinajstić information content (AvgIpc) is 3.43. The van der Waals surface area contributed by atoms with Crippen LogP contribution in [0, 0.1) is 10.8 Å². The molecule has 3 nitrogen and oxygen atoms in total. The zero-order valence-corrected chi connectivity index (χ0v) is 12.7. The minimum absolute atomic E-state index is 0.0392. The third kappa shape index (κ3) is 2.26. The van der Waals surface area contributed by atoms with E-state index in [2.05, 4.69) is 10.6 Å². The fraction of sp³-hybridized carbons (Fsp3) is 0.588. The van der Waals surface area contributed by atoms with Gasteiger partial charge in [-0.2, -0.15) is 13.2 Å². The molecule has 0 aromatic heterocycles. The van der Waals surface area contributed by atoms with E-state index in [0.717, 1.165) is 0 Å². The van der Waals surface area contributed by atoms with E-state index in [4.69, 9.17) is 0 Å². The van der Waals surface area contributed by atoms with Crippen LogP contribution in [0.5, 0.6) is 0 Å². The topological polar surface area (TPSA) is 41.1 Å². The lowest BCUT2D eigenvalue weighted by atomic mass is 9.95. The van der Waals surface area contributed by atoms with Crippen LogP contribution in [0.25, 0.3) is 0 Å². The van der Waals surface area contributed by atoms with Gasteiger partial charge in [-0.3, -0.25) is 4.79 Å². The lowest BCUT2D eigenvalue weighted by Gasteiger charge is -2.20.